The number of carbonyl (C=O) groups is 1. The van der Waals surface area contributed by atoms with Crippen LogP contribution in [0.4, 0.5) is 5.69 Å². The molecule has 4 rings (SSSR count). The Bertz CT molecular complexity index is 1150. The van der Waals surface area contributed by atoms with Gasteiger partial charge >= 0.3 is 0 Å². The number of hydrogen-bond donors (Lipinski definition) is 1. The van der Waals surface area contributed by atoms with Gasteiger partial charge in [-0.05, 0) is 68.1 Å². The van der Waals surface area contributed by atoms with Gasteiger partial charge in [-0.25, -0.2) is 0 Å². The number of H-pyrrole nitrogens is 1. The van der Waals surface area contributed by atoms with E-state index in [0.29, 0.717) is 24.3 Å². The lowest BCUT2D eigenvalue weighted by molar-refractivity contribution is -0.127. The largest absolute Gasteiger partial charge is 0.497 e. The van der Waals surface area contributed by atoms with Gasteiger partial charge in [0.15, 0.2) is 0 Å². The van der Waals surface area contributed by atoms with Gasteiger partial charge < -0.3 is 19.4 Å². The normalized spacial score (nSPS) is 16.0. The molecule has 156 valence electrons. The third-order valence-electron chi connectivity index (χ3n) is 5.58. The third kappa shape index (κ3) is 3.96. The monoisotopic (exact) mass is 406 g/mol. The first kappa shape index (κ1) is 20.2. The molecule has 30 heavy (non-hydrogen) atoms. The molecule has 1 saturated heterocycles. The average molecular weight is 406 g/mol. The van der Waals surface area contributed by atoms with E-state index in [1.165, 1.54) is 0 Å². The summed E-state index contributed by atoms with van der Waals surface area (Å²) >= 11 is 0. The third-order valence-corrected chi connectivity index (χ3v) is 5.58. The summed E-state index contributed by atoms with van der Waals surface area (Å²) in [6, 6.07) is 13.3. The lowest BCUT2D eigenvalue weighted by Crippen LogP contribution is -2.40. The molecule has 0 aliphatic carbocycles. The molecule has 0 bridgehead atoms. The molecule has 1 aliphatic rings. The SMILES string of the molecule is COc1ccc2[nH]c(=O)c(CN(C(=O)[C@@H]3CCCO3)c3cc(C)ccc3C)cc2c1. The Morgan fingerprint density at radius 3 is 2.77 bits per heavy atom. The van der Waals surface area contributed by atoms with Crippen LogP contribution in [-0.2, 0) is 16.1 Å². The van der Waals surface area contributed by atoms with Crippen molar-refractivity contribution in [1.82, 2.24) is 4.98 Å². The summed E-state index contributed by atoms with van der Waals surface area (Å²) in [5.74, 6) is 0.605. The number of carbonyl (C=O) groups excluding carboxylic acids is 1. The van der Waals surface area contributed by atoms with E-state index in [0.717, 1.165) is 34.1 Å². The van der Waals surface area contributed by atoms with Crippen LogP contribution in [0.15, 0.2) is 47.3 Å². The summed E-state index contributed by atoms with van der Waals surface area (Å²) < 4.78 is 11.0. The molecule has 1 aliphatic heterocycles. The van der Waals surface area contributed by atoms with Crippen molar-refractivity contribution in [3.05, 3.63) is 69.5 Å². The number of benzene rings is 2. The molecule has 1 fully saturated rings. The van der Waals surface area contributed by atoms with Gasteiger partial charge in [-0.1, -0.05) is 12.1 Å². The summed E-state index contributed by atoms with van der Waals surface area (Å²) in [7, 11) is 1.61. The quantitative estimate of drug-likeness (QED) is 0.698. The Hall–Kier alpha value is -3.12. The molecule has 6 nitrogen and oxygen atoms in total. The molecular formula is C24H26N2O4. The van der Waals surface area contributed by atoms with Crippen LogP contribution in [-0.4, -0.2) is 30.7 Å². The van der Waals surface area contributed by atoms with Gasteiger partial charge in [-0.15, -0.1) is 0 Å². The number of amides is 1. The number of anilines is 1. The van der Waals surface area contributed by atoms with Crippen molar-refractivity contribution in [2.45, 2.75) is 39.3 Å². The Morgan fingerprint density at radius 1 is 1.20 bits per heavy atom. The predicted molar refractivity (Wildman–Crippen MR) is 117 cm³/mol. The topological polar surface area (TPSA) is 71.6 Å². The Kier molecular flexibility index (Phi) is 5.59. The molecule has 1 amide bonds. The summed E-state index contributed by atoms with van der Waals surface area (Å²) in [5, 5.41) is 0.856. The second-order valence-electron chi connectivity index (χ2n) is 7.79. The first-order valence-electron chi connectivity index (χ1n) is 10.2. The maximum absolute atomic E-state index is 13.4. The molecule has 0 saturated carbocycles. The molecular weight excluding hydrogens is 380 g/mol. The Balaban J connectivity index is 1.77. The van der Waals surface area contributed by atoms with Gasteiger partial charge in [0.05, 0.1) is 13.7 Å². The fourth-order valence-electron chi connectivity index (χ4n) is 3.88. The standard InChI is InChI=1S/C24H26N2O4/c1-15-6-7-16(2)21(11-15)26(24(28)22-5-4-10-30-22)14-18-12-17-13-19(29-3)8-9-20(17)25-23(18)27/h6-9,11-13,22H,4-5,10,14H2,1-3H3,(H,25,27)/t22-/m0/s1. The lowest BCUT2D eigenvalue weighted by atomic mass is 10.1. The van der Waals surface area contributed by atoms with Crippen LogP contribution in [0.3, 0.4) is 0 Å². The minimum atomic E-state index is -0.468. The van der Waals surface area contributed by atoms with E-state index in [9.17, 15) is 9.59 Å². The average Bonchev–Trinajstić information content (AvgIpc) is 3.28. The molecule has 1 N–H and O–H groups in total. The molecule has 3 aromatic rings. The van der Waals surface area contributed by atoms with Gasteiger partial charge in [-0.3, -0.25) is 9.59 Å². The Labute approximate surface area is 175 Å². The highest BCUT2D eigenvalue weighted by Crippen LogP contribution is 2.27. The maximum Gasteiger partial charge on any atom is 0.256 e. The number of rotatable bonds is 5. The van der Waals surface area contributed by atoms with Crippen LogP contribution in [0.25, 0.3) is 10.9 Å². The second-order valence-corrected chi connectivity index (χ2v) is 7.79. The van der Waals surface area contributed by atoms with Crippen molar-refractivity contribution in [3.8, 4) is 5.75 Å². The van der Waals surface area contributed by atoms with Gasteiger partial charge in [0.2, 0.25) is 0 Å². The molecule has 2 heterocycles. The van der Waals surface area contributed by atoms with Crippen molar-refractivity contribution in [2.24, 2.45) is 0 Å². The van der Waals surface area contributed by atoms with E-state index >= 15 is 0 Å². The highest BCUT2D eigenvalue weighted by atomic mass is 16.5. The van der Waals surface area contributed by atoms with Crippen LogP contribution in [0.2, 0.25) is 0 Å². The minimum Gasteiger partial charge on any atom is -0.497 e. The number of hydrogen-bond acceptors (Lipinski definition) is 4. The van der Waals surface area contributed by atoms with E-state index in [4.69, 9.17) is 9.47 Å². The Morgan fingerprint density at radius 2 is 2.03 bits per heavy atom. The highest BCUT2D eigenvalue weighted by Gasteiger charge is 2.30. The highest BCUT2D eigenvalue weighted by molar-refractivity contribution is 5.97. The van der Waals surface area contributed by atoms with Gasteiger partial charge in [0.1, 0.15) is 11.9 Å². The maximum atomic E-state index is 13.4. The lowest BCUT2D eigenvalue weighted by Gasteiger charge is -2.27. The predicted octanol–water partition coefficient (Wildman–Crippen LogP) is 3.87. The minimum absolute atomic E-state index is 0.105. The number of nitrogens with zero attached hydrogens (tertiary/aromatic N) is 1. The summed E-state index contributed by atoms with van der Waals surface area (Å²) in [6.45, 7) is 4.73. The zero-order valence-corrected chi connectivity index (χ0v) is 17.5. The van der Waals surface area contributed by atoms with Crippen molar-refractivity contribution in [3.63, 3.8) is 0 Å². The van der Waals surface area contributed by atoms with Crippen LogP contribution < -0.4 is 15.2 Å². The number of methoxy groups -OCH3 is 1. The zero-order chi connectivity index (χ0) is 21.3. The first-order valence-corrected chi connectivity index (χ1v) is 10.2. The van der Waals surface area contributed by atoms with E-state index in [-0.39, 0.29) is 18.0 Å². The molecule has 1 aromatic heterocycles. The fourth-order valence-corrected chi connectivity index (χ4v) is 3.88. The fraction of sp³-hybridized carbons (Fsp3) is 0.333. The second kappa shape index (κ2) is 8.32. The van der Waals surface area contributed by atoms with E-state index in [2.05, 4.69) is 4.98 Å². The smallest absolute Gasteiger partial charge is 0.256 e. The summed E-state index contributed by atoms with van der Waals surface area (Å²) in [6.07, 6.45) is 1.10. The number of fused-ring (bicyclic) bond motifs is 1. The van der Waals surface area contributed by atoms with Gasteiger partial charge in [0, 0.05) is 28.8 Å². The van der Waals surface area contributed by atoms with E-state index in [1.54, 1.807) is 18.1 Å². The zero-order valence-electron chi connectivity index (χ0n) is 17.5. The molecule has 1 atom stereocenters. The number of aryl methyl sites for hydroxylation is 2. The number of aromatic nitrogens is 1. The van der Waals surface area contributed by atoms with Crippen molar-refractivity contribution < 1.29 is 14.3 Å². The summed E-state index contributed by atoms with van der Waals surface area (Å²) in [5.41, 5.74) is 3.88. The molecule has 0 unspecified atom stereocenters. The van der Waals surface area contributed by atoms with E-state index < -0.39 is 6.10 Å². The molecule has 0 radical (unpaired) electrons. The van der Waals surface area contributed by atoms with Crippen LogP contribution in [0.5, 0.6) is 5.75 Å². The number of nitrogens with one attached hydrogen (secondary N) is 1. The number of pyridine rings is 1. The van der Waals surface area contributed by atoms with Crippen molar-refractivity contribution >= 4 is 22.5 Å². The van der Waals surface area contributed by atoms with Crippen LogP contribution >= 0.6 is 0 Å². The first-order chi connectivity index (χ1) is 14.5. The van der Waals surface area contributed by atoms with Gasteiger partial charge in [0.25, 0.3) is 11.5 Å². The van der Waals surface area contributed by atoms with Crippen molar-refractivity contribution in [1.29, 1.82) is 0 Å². The molecule has 0 spiro atoms. The van der Waals surface area contributed by atoms with E-state index in [1.807, 2.05) is 50.2 Å². The molecule has 6 heteroatoms. The van der Waals surface area contributed by atoms with Crippen LogP contribution in [0.1, 0.15) is 29.5 Å². The number of aromatic amines is 1. The number of ether oxygens (including phenoxy) is 2. The summed E-state index contributed by atoms with van der Waals surface area (Å²) in [4.78, 5) is 30.8. The van der Waals surface area contributed by atoms with Crippen LogP contribution in [0, 0.1) is 13.8 Å². The molecule has 2 aromatic carbocycles. The van der Waals surface area contributed by atoms with Gasteiger partial charge in [-0.2, -0.15) is 0 Å². The van der Waals surface area contributed by atoms with Crippen molar-refractivity contribution in [2.75, 3.05) is 18.6 Å².